The lowest BCUT2D eigenvalue weighted by Crippen LogP contribution is -2.49. The Labute approximate surface area is 170 Å². The van der Waals surface area contributed by atoms with Gasteiger partial charge < -0.3 is 9.80 Å². The predicted molar refractivity (Wildman–Crippen MR) is 108 cm³/mol. The highest BCUT2D eigenvalue weighted by molar-refractivity contribution is 9.10. The first-order valence-corrected chi connectivity index (χ1v) is 11.1. The second kappa shape index (κ2) is 7.88. The first-order chi connectivity index (χ1) is 13.2. The first-order valence-electron chi connectivity index (χ1n) is 8.45. The molecule has 1 aliphatic rings. The molecule has 0 radical (unpaired) electrons. The van der Waals surface area contributed by atoms with Crippen LogP contribution in [0.15, 0.2) is 51.8 Å². The number of rotatable bonds is 4. The molecule has 0 saturated carbocycles. The number of carbonyl (C=O) groups is 1. The molecule has 28 heavy (non-hydrogen) atoms. The lowest BCUT2D eigenvalue weighted by Gasteiger charge is -2.36. The SMILES string of the molecule is CS(=O)(=O)c1ccc(N2CCN(C(=O)c3cccc(Br)c3)CC2)c([N+](=O)[O-])c1. The second-order valence-corrected chi connectivity index (χ2v) is 9.40. The largest absolute Gasteiger partial charge is 0.362 e. The molecule has 0 bridgehead atoms. The van der Waals surface area contributed by atoms with Crippen LogP contribution in [-0.4, -0.2) is 56.6 Å². The van der Waals surface area contributed by atoms with Gasteiger partial charge in [-0.15, -0.1) is 0 Å². The molecule has 2 aromatic rings. The minimum Gasteiger partial charge on any atom is -0.362 e. The zero-order valence-electron chi connectivity index (χ0n) is 15.0. The average molecular weight is 468 g/mol. The number of anilines is 1. The molecule has 0 atom stereocenters. The summed E-state index contributed by atoms with van der Waals surface area (Å²) in [7, 11) is -3.54. The van der Waals surface area contributed by atoms with Crippen molar-refractivity contribution in [2.75, 3.05) is 37.3 Å². The minimum atomic E-state index is -3.54. The number of hydrogen-bond acceptors (Lipinski definition) is 6. The Hall–Kier alpha value is -2.46. The van der Waals surface area contributed by atoms with E-state index in [9.17, 15) is 23.3 Å². The third-order valence-electron chi connectivity index (χ3n) is 4.55. The van der Waals surface area contributed by atoms with Crippen LogP contribution in [0.1, 0.15) is 10.4 Å². The number of amides is 1. The summed E-state index contributed by atoms with van der Waals surface area (Å²) in [5, 5.41) is 11.4. The summed E-state index contributed by atoms with van der Waals surface area (Å²) in [6, 6.07) is 11.0. The molecule has 1 heterocycles. The van der Waals surface area contributed by atoms with E-state index in [4.69, 9.17) is 0 Å². The Morgan fingerprint density at radius 2 is 1.79 bits per heavy atom. The second-order valence-electron chi connectivity index (χ2n) is 6.47. The molecule has 2 aromatic carbocycles. The van der Waals surface area contributed by atoms with Crippen molar-refractivity contribution < 1.29 is 18.1 Å². The monoisotopic (exact) mass is 467 g/mol. The molecule has 0 N–H and O–H groups in total. The van der Waals surface area contributed by atoms with E-state index in [0.29, 0.717) is 37.4 Å². The van der Waals surface area contributed by atoms with Crippen molar-refractivity contribution in [3.05, 3.63) is 62.6 Å². The Morgan fingerprint density at radius 3 is 2.36 bits per heavy atom. The standard InChI is InChI=1S/C18H18BrN3O5S/c1-28(26,27)15-5-6-16(17(12-15)22(24)25)20-7-9-21(10-8-20)18(23)13-3-2-4-14(19)11-13/h2-6,11-12H,7-10H2,1H3. The van der Waals surface area contributed by atoms with Crippen molar-refractivity contribution in [2.45, 2.75) is 4.90 Å². The van der Waals surface area contributed by atoms with Gasteiger partial charge in [-0.05, 0) is 30.3 Å². The summed E-state index contributed by atoms with van der Waals surface area (Å²) in [6.07, 6.45) is 1.01. The van der Waals surface area contributed by atoms with Crippen molar-refractivity contribution in [2.24, 2.45) is 0 Å². The van der Waals surface area contributed by atoms with Crippen LogP contribution in [0.5, 0.6) is 0 Å². The molecule has 0 aromatic heterocycles. The quantitative estimate of drug-likeness (QED) is 0.505. The van der Waals surface area contributed by atoms with Gasteiger partial charge in [-0.2, -0.15) is 0 Å². The summed E-state index contributed by atoms with van der Waals surface area (Å²) in [5.41, 5.74) is 0.674. The van der Waals surface area contributed by atoms with Crippen LogP contribution in [0.4, 0.5) is 11.4 Å². The first kappa shape index (κ1) is 20.3. The number of halogens is 1. The zero-order valence-corrected chi connectivity index (χ0v) is 17.4. The molecule has 1 aliphatic heterocycles. The highest BCUT2D eigenvalue weighted by atomic mass is 79.9. The van der Waals surface area contributed by atoms with Crippen LogP contribution in [-0.2, 0) is 9.84 Å². The van der Waals surface area contributed by atoms with Crippen molar-refractivity contribution >= 4 is 43.0 Å². The van der Waals surface area contributed by atoms with E-state index < -0.39 is 14.8 Å². The molecule has 148 valence electrons. The van der Waals surface area contributed by atoms with Crippen LogP contribution in [0, 0.1) is 10.1 Å². The fourth-order valence-corrected chi connectivity index (χ4v) is 4.14. The highest BCUT2D eigenvalue weighted by Gasteiger charge is 2.27. The van der Waals surface area contributed by atoms with Crippen LogP contribution < -0.4 is 4.90 Å². The molecule has 1 amide bonds. The Morgan fingerprint density at radius 1 is 1.11 bits per heavy atom. The summed E-state index contributed by atoms with van der Waals surface area (Å²) < 4.78 is 24.2. The summed E-state index contributed by atoms with van der Waals surface area (Å²) in [5.74, 6) is -0.0946. The maximum Gasteiger partial charge on any atom is 0.293 e. The Bertz CT molecular complexity index is 1030. The number of nitrogens with zero attached hydrogens (tertiary/aromatic N) is 3. The molecular formula is C18H18BrN3O5S. The molecule has 0 spiro atoms. The topological polar surface area (TPSA) is 101 Å². The highest BCUT2D eigenvalue weighted by Crippen LogP contribution is 2.31. The van der Waals surface area contributed by atoms with Gasteiger partial charge in [0.05, 0.1) is 9.82 Å². The normalized spacial score (nSPS) is 14.8. The maximum absolute atomic E-state index is 12.6. The van der Waals surface area contributed by atoms with Crippen molar-refractivity contribution in [3.8, 4) is 0 Å². The van der Waals surface area contributed by atoms with Gasteiger partial charge in [-0.3, -0.25) is 14.9 Å². The van der Waals surface area contributed by atoms with E-state index >= 15 is 0 Å². The lowest BCUT2D eigenvalue weighted by molar-refractivity contribution is -0.384. The third kappa shape index (κ3) is 4.33. The molecule has 1 fully saturated rings. The van der Waals surface area contributed by atoms with Crippen LogP contribution in [0.25, 0.3) is 0 Å². The van der Waals surface area contributed by atoms with Crippen molar-refractivity contribution in [1.82, 2.24) is 4.90 Å². The van der Waals surface area contributed by atoms with E-state index in [0.717, 1.165) is 16.8 Å². The molecule has 8 nitrogen and oxygen atoms in total. The maximum atomic E-state index is 12.6. The van der Waals surface area contributed by atoms with E-state index in [1.54, 1.807) is 28.0 Å². The summed E-state index contributed by atoms with van der Waals surface area (Å²) >= 11 is 3.35. The lowest BCUT2D eigenvalue weighted by atomic mass is 10.1. The van der Waals surface area contributed by atoms with Crippen molar-refractivity contribution in [1.29, 1.82) is 0 Å². The van der Waals surface area contributed by atoms with Gasteiger partial charge in [0.2, 0.25) is 0 Å². The van der Waals surface area contributed by atoms with Crippen molar-refractivity contribution in [3.63, 3.8) is 0 Å². The van der Waals surface area contributed by atoms with Gasteiger partial charge in [0, 0.05) is 48.5 Å². The Balaban J connectivity index is 1.78. The van der Waals surface area contributed by atoms with Gasteiger partial charge >= 0.3 is 0 Å². The number of nitro groups is 1. The molecule has 3 rings (SSSR count). The van der Waals surface area contributed by atoms with Gasteiger partial charge in [0.1, 0.15) is 5.69 Å². The van der Waals surface area contributed by atoms with E-state index in [2.05, 4.69) is 15.9 Å². The zero-order chi connectivity index (χ0) is 20.5. The number of piperazine rings is 1. The number of nitro benzene ring substituents is 1. The molecule has 0 aliphatic carbocycles. The number of hydrogen-bond donors (Lipinski definition) is 0. The van der Waals surface area contributed by atoms with Gasteiger partial charge in [0.15, 0.2) is 9.84 Å². The van der Waals surface area contributed by atoms with Crippen LogP contribution >= 0.6 is 15.9 Å². The predicted octanol–water partition coefficient (Wildman–Crippen LogP) is 2.72. The van der Waals surface area contributed by atoms with E-state index in [-0.39, 0.29) is 16.5 Å². The van der Waals surface area contributed by atoms with E-state index in [1.807, 2.05) is 6.07 Å². The van der Waals surface area contributed by atoms with E-state index in [1.165, 1.54) is 12.1 Å². The third-order valence-corrected chi connectivity index (χ3v) is 6.15. The number of benzene rings is 2. The van der Waals surface area contributed by atoms with Crippen LogP contribution in [0.3, 0.4) is 0 Å². The number of sulfone groups is 1. The minimum absolute atomic E-state index is 0.0913. The average Bonchev–Trinajstić information content (AvgIpc) is 2.66. The fraction of sp³-hybridized carbons (Fsp3) is 0.278. The summed E-state index contributed by atoms with van der Waals surface area (Å²) in [4.78, 5) is 26.9. The molecule has 0 unspecified atom stereocenters. The molecule has 1 saturated heterocycles. The summed E-state index contributed by atoms with van der Waals surface area (Å²) in [6.45, 7) is 1.66. The number of carbonyl (C=O) groups excluding carboxylic acids is 1. The van der Waals surface area contributed by atoms with Gasteiger partial charge in [-0.25, -0.2) is 8.42 Å². The molecule has 10 heteroatoms. The Kier molecular flexibility index (Phi) is 5.71. The van der Waals surface area contributed by atoms with Gasteiger partial charge in [-0.1, -0.05) is 22.0 Å². The smallest absolute Gasteiger partial charge is 0.293 e. The van der Waals surface area contributed by atoms with Gasteiger partial charge in [0.25, 0.3) is 11.6 Å². The van der Waals surface area contributed by atoms with Crippen LogP contribution in [0.2, 0.25) is 0 Å². The molecular weight excluding hydrogens is 450 g/mol. The fourth-order valence-electron chi connectivity index (χ4n) is 3.10.